The maximum atomic E-state index is 12.6. The molecule has 0 unspecified atom stereocenters. The molecule has 0 saturated carbocycles. The van der Waals surface area contributed by atoms with E-state index in [1.165, 1.54) is 18.0 Å². The zero-order valence-corrected chi connectivity index (χ0v) is 19.1. The highest BCUT2D eigenvalue weighted by molar-refractivity contribution is 8.00. The summed E-state index contributed by atoms with van der Waals surface area (Å²) in [5.74, 6) is 1.86. The van der Waals surface area contributed by atoms with E-state index in [1.807, 2.05) is 78.2 Å². The second-order valence-electron chi connectivity index (χ2n) is 7.23. The number of aromatic nitrogens is 3. The lowest BCUT2D eigenvalue weighted by atomic mass is 10.3. The topological polar surface area (TPSA) is 97.3 Å². The molecule has 168 valence electrons. The van der Waals surface area contributed by atoms with E-state index >= 15 is 0 Å². The Balaban J connectivity index is 1.47. The molecule has 0 bridgehead atoms. The number of thioether (sulfide) groups is 1. The highest BCUT2D eigenvalue weighted by Gasteiger charge is 2.21. The first-order valence-corrected chi connectivity index (χ1v) is 11.3. The van der Waals surface area contributed by atoms with Crippen LogP contribution in [0.4, 0.5) is 5.69 Å². The molecule has 4 rings (SSSR count). The van der Waals surface area contributed by atoms with Gasteiger partial charge in [-0.05, 0) is 50.2 Å². The second kappa shape index (κ2) is 10.6. The largest absolute Gasteiger partial charge is 0.460 e. The summed E-state index contributed by atoms with van der Waals surface area (Å²) in [5, 5.41) is 16.3. The van der Waals surface area contributed by atoms with Gasteiger partial charge in [0.1, 0.15) is 11.5 Å². The average Bonchev–Trinajstić information content (AvgIpc) is 3.44. The lowest BCUT2D eigenvalue weighted by Gasteiger charge is -2.13. The summed E-state index contributed by atoms with van der Waals surface area (Å²) in [4.78, 5) is 12.6. The van der Waals surface area contributed by atoms with Crippen molar-refractivity contribution in [3.05, 3.63) is 90.1 Å². The van der Waals surface area contributed by atoms with Gasteiger partial charge in [-0.1, -0.05) is 48.2 Å². The Morgan fingerprint density at radius 1 is 1.09 bits per heavy atom. The fourth-order valence-corrected chi connectivity index (χ4v) is 3.93. The van der Waals surface area contributed by atoms with Crippen molar-refractivity contribution < 1.29 is 9.21 Å². The fourth-order valence-electron chi connectivity index (χ4n) is 3.05. The number of nitrogens with zero attached hydrogens (tertiary/aromatic N) is 4. The molecule has 0 aliphatic rings. The fraction of sp³-hybridized carbons (Fsp3) is 0.167. The minimum atomic E-state index is -0.443. The molecule has 4 aromatic rings. The Hall–Kier alpha value is -3.85. The van der Waals surface area contributed by atoms with Crippen LogP contribution in [0.15, 0.2) is 87.5 Å². The first-order valence-electron chi connectivity index (χ1n) is 10.4. The molecule has 1 atom stereocenters. The number of rotatable bonds is 9. The lowest BCUT2D eigenvalue weighted by Crippen LogP contribution is -2.27. The van der Waals surface area contributed by atoms with E-state index in [0.29, 0.717) is 17.5 Å². The van der Waals surface area contributed by atoms with Crippen molar-refractivity contribution >= 4 is 29.6 Å². The number of hydrazone groups is 1. The first kappa shape index (κ1) is 22.3. The van der Waals surface area contributed by atoms with E-state index in [1.54, 1.807) is 13.0 Å². The third-order valence-corrected chi connectivity index (χ3v) is 5.76. The van der Waals surface area contributed by atoms with E-state index in [4.69, 9.17) is 4.42 Å². The van der Waals surface area contributed by atoms with Crippen LogP contribution in [0.1, 0.15) is 24.3 Å². The van der Waals surface area contributed by atoms with Gasteiger partial charge in [-0.25, -0.2) is 5.43 Å². The molecule has 2 aromatic carbocycles. The number of amides is 1. The van der Waals surface area contributed by atoms with Crippen LogP contribution in [0.25, 0.3) is 5.69 Å². The normalized spacial score (nSPS) is 12.1. The third-order valence-electron chi connectivity index (χ3n) is 4.72. The SMILES string of the molecule is Cc1ccc(/C=N\NC(=O)[C@H](C)Sc2nnc(CNc3ccccc3)n2-c2ccccc2)o1. The van der Waals surface area contributed by atoms with E-state index in [2.05, 4.69) is 26.0 Å². The molecule has 0 fully saturated rings. The number of aryl methyl sites for hydroxylation is 1. The number of para-hydroxylation sites is 2. The molecule has 0 aliphatic carbocycles. The van der Waals surface area contributed by atoms with Crippen LogP contribution < -0.4 is 10.7 Å². The van der Waals surface area contributed by atoms with E-state index in [9.17, 15) is 4.79 Å². The summed E-state index contributed by atoms with van der Waals surface area (Å²) < 4.78 is 7.37. The molecule has 0 radical (unpaired) electrons. The van der Waals surface area contributed by atoms with Gasteiger partial charge in [0.15, 0.2) is 11.0 Å². The highest BCUT2D eigenvalue weighted by Crippen LogP contribution is 2.26. The van der Waals surface area contributed by atoms with Crippen molar-refractivity contribution in [3.63, 3.8) is 0 Å². The van der Waals surface area contributed by atoms with Crippen LogP contribution in [0, 0.1) is 6.92 Å². The molecule has 0 aliphatic heterocycles. The Morgan fingerprint density at radius 2 is 1.82 bits per heavy atom. The van der Waals surface area contributed by atoms with Gasteiger partial charge in [0.2, 0.25) is 0 Å². The minimum absolute atomic E-state index is 0.244. The molecule has 0 spiro atoms. The zero-order chi connectivity index (χ0) is 23.0. The van der Waals surface area contributed by atoms with Crippen LogP contribution in [-0.2, 0) is 11.3 Å². The molecular weight excluding hydrogens is 436 g/mol. The van der Waals surface area contributed by atoms with Crippen molar-refractivity contribution in [2.75, 3.05) is 5.32 Å². The molecule has 2 heterocycles. The number of furan rings is 1. The summed E-state index contributed by atoms with van der Waals surface area (Å²) in [6.45, 7) is 4.14. The lowest BCUT2D eigenvalue weighted by molar-refractivity contribution is -0.120. The van der Waals surface area contributed by atoms with E-state index in [-0.39, 0.29) is 5.91 Å². The summed E-state index contributed by atoms with van der Waals surface area (Å²) >= 11 is 1.32. The number of benzene rings is 2. The quantitative estimate of drug-likeness (QED) is 0.218. The predicted octanol–water partition coefficient (Wildman–Crippen LogP) is 4.41. The minimum Gasteiger partial charge on any atom is -0.460 e. The van der Waals surface area contributed by atoms with Gasteiger partial charge in [-0.15, -0.1) is 10.2 Å². The van der Waals surface area contributed by atoms with Gasteiger partial charge < -0.3 is 9.73 Å². The Kier molecular flexibility index (Phi) is 7.21. The number of hydrogen-bond donors (Lipinski definition) is 2. The molecule has 2 N–H and O–H groups in total. The van der Waals surface area contributed by atoms with E-state index < -0.39 is 5.25 Å². The van der Waals surface area contributed by atoms with Gasteiger partial charge in [0.05, 0.1) is 18.0 Å². The standard InChI is InChI=1S/C24H24N6O2S/c1-17-13-14-21(32-17)15-26-28-23(31)18(2)33-24-29-27-22(16-25-19-9-5-3-6-10-19)30(24)20-11-7-4-8-12-20/h3-15,18,25H,16H2,1-2H3,(H,28,31)/b26-15-/t18-/m0/s1. The van der Waals surface area contributed by atoms with E-state index in [0.717, 1.165) is 23.0 Å². The number of nitrogens with one attached hydrogen (secondary N) is 2. The van der Waals surface area contributed by atoms with Crippen LogP contribution in [0.3, 0.4) is 0 Å². The van der Waals surface area contributed by atoms with Crippen molar-refractivity contribution in [2.24, 2.45) is 5.10 Å². The van der Waals surface area contributed by atoms with Crippen molar-refractivity contribution in [1.82, 2.24) is 20.2 Å². The number of anilines is 1. The molecule has 33 heavy (non-hydrogen) atoms. The number of carbonyl (C=O) groups is 1. The van der Waals surface area contributed by atoms with Crippen molar-refractivity contribution in [3.8, 4) is 5.69 Å². The summed E-state index contributed by atoms with van der Waals surface area (Å²) in [6, 6.07) is 23.4. The smallest absolute Gasteiger partial charge is 0.253 e. The predicted molar refractivity (Wildman–Crippen MR) is 130 cm³/mol. The summed E-state index contributed by atoms with van der Waals surface area (Å²) in [5.41, 5.74) is 4.47. The van der Waals surface area contributed by atoms with Crippen LogP contribution in [0.2, 0.25) is 0 Å². The monoisotopic (exact) mass is 460 g/mol. The number of carbonyl (C=O) groups excluding carboxylic acids is 1. The van der Waals surface area contributed by atoms with Gasteiger partial charge in [0, 0.05) is 11.4 Å². The van der Waals surface area contributed by atoms with Gasteiger partial charge >= 0.3 is 0 Å². The molecule has 9 heteroatoms. The maximum absolute atomic E-state index is 12.6. The molecule has 2 aromatic heterocycles. The summed E-state index contributed by atoms with van der Waals surface area (Å²) in [7, 11) is 0. The third kappa shape index (κ3) is 5.89. The highest BCUT2D eigenvalue weighted by atomic mass is 32.2. The van der Waals surface area contributed by atoms with Crippen LogP contribution >= 0.6 is 11.8 Å². The van der Waals surface area contributed by atoms with Crippen molar-refractivity contribution in [2.45, 2.75) is 30.8 Å². The molecule has 1 amide bonds. The maximum Gasteiger partial charge on any atom is 0.253 e. The van der Waals surface area contributed by atoms with Gasteiger partial charge in [0.25, 0.3) is 5.91 Å². The number of hydrogen-bond acceptors (Lipinski definition) is 7. The van der Waals surface area contributed by atoms with Gasteiger partial charge in [-0.3, -0.25) is 9.36 Å². The Labute approximate surface area is 196 Å². The molecule has 0 saturated heterocycles. The van der Waals surface area contributed by atoms with Crippen molar-refractivity contribution in [1.29, 1.82) is 0 Å². The first-order chi connectivity index (χ1) is 16.1. The zero-order valence-electron chi connectivity index (χ0n) is 18.3. The summed E-state index contributed by atoms with van der Waals surface area (Å²) in [6.07, 6.45) is 1.47. The van der Waals surface area contributed by atoms with Crippen LogP contribution in [-0.4, -0.2) is 32.1 Å². The average molecular weight is 461 g/mol. The Bertz CT molecular complexity index is 1220. The van der Waals surface area contributed by atoms with Gasteiger partial charge in [-0.2, -0.15) is 5.10 Å². The molecular formula is C24H24N6O2S. The van der Waals surface area contributed by atoms with Crippen LogP contribution in [0.5, 0.6) is 0 Å². The Morgan fingerprint density at radius 3 is 2.52 bits per heavy atom. The molecule has 8 nitrogen and oxygen atoms in total. The second-order valence-corrected chi connectivity index (χ2v) is 8.54.